The molecule has 5 heteroatoms. The first-order valence-electron chi connectivity index (χ1n) is 6.10. The first kappa shape index (κ1) is 12.8. The van der Waals surface area contributed by atoms with Gasteiger partial charge in [0.25, 0.3) is 0 Å². The summed E-state index contributed by atoms with van der Waals surface area (Å²) in [7, 11) is 0. The van der Waals surface area contributed by atoms with Crippen molar-refractivity contribution < 1.29 is 4.74 Å². The molecule has 0 aliphatic carbocycles. The van der Waals surface area contributed by atoms with E-state index in [-0.39, 0.29) is 0 Å². The highest BCUT2D eigenvalue weighted by Gasteiger charge is 2.07. The Hall–Kier alpha value is -1.62. The monoisotopic (exact) mass is 263 g/mol. The van der Waals surface area contributed by atoms with Crippen LogP contribution in [0, 0.1) is 0 Å². The summed E-state index contributed by atoms with van der Waals surface area (Å²) >= 11 is 1.36. The number of nitrogens with one attached hydrogen (secondary N) is 1. The molecular formula is C13H17N3OS. The molecule has 0 saturated heterocycles. The third-order valence-corrected chi connectivity index (χ3v) is 3.33. The zero-order chi connectivity index (χ0) is 12.8. The van der Waals surface area contributed by atoms with Crippen LogP contribution in [-0.4, -0.2) is 16.1 Å². The molecule has 1 aromatic carbocycles. The molecule has 0 saturated carbocycles. The maximum absolute atomic E-state index is 5.70. The van der Waals surface area contributed by atoms with E-state index in [1.54, 1.807) is 0 Å². The van der Waals surface area contributed by atoms with Gasteiger partial charge < -0.3 is 10.1 Å². The predicted molar refractivity (Wildman–Crippen MR) is 74.2 cm³/mol. The number of ether oxygens (including phenoxy) is 1. The third kappa shape index (κ3) is 3.20. The van der Waals surface area contributed by atoms with Gasteiger partial charge >= 0.3 is 0 Å². The maximum atomic E-state index is 5.70. The molecule has 1 aromatic heterocycles. The topological polar surface area (TPSA) is 47.0 Å². The van der Waals surface area contributed by atoms with E-state index < -0.39 is 0 Å². The molecule has 4 nitrogen and oxygen atoms in total. The van der Waals surface area contributed by atoms with Crippen LogP contribution in [0.5, 0.6) is 5.75 Å². The summed E-state index contributed by atoms with van der Waals surface area (Å²) in [6, 6.07) is 8.15. The predicted octanol–water partition coefficient (Wildman–Crippen LogP) is 3.11. The SMILES string of the molecule is CCNc1snnc1COc1ccc(CC)cc1. The van der Waals surface area contributed by atoms with E-state index in [0.717, 1.165) is 29.4 Å². The summed E-state index contributed by atoms with van der Waals surface area (Å²) in [5.41, 5.74) is 2.17. The molecule has 0 aliphatic heterocycles. The van der Waals surface area contributed by atoms with Gasteiger partial charge in [0.1, 0.15) is 23.1 Å². The average Bonchev–Trinajstić information content (AvgIpc) is 2.85. The molecule has 1 heterocycles. The van der Waals surface area contributed by atoms with Gasteiger partial charge in [-0.1, -0.05) is 23.5 Å². The molecule has 0 radical (unpaired) electrons. The molecule has 2 rings (SSSR count). The maximum Gasteiger partial charge on any atom is 0.136 e. The number of nitrogens with zero attached hydrogens (tertiary/aromatic N) is 2. The molecular weight excluding hydrogens is 246 g/mol. The molecule has 0 fully saturated rings. The lowest BCUT2D eigenvalue weighted by Crippen LogP contribution is -2.02. The summed E-state index contributed by atoms with van der Waals surface area (Å²) in [6.07, 6.45) is 1.04. The van der Waals surface area contributed by atoms with Crippen molar-refractivity contribution in [3.63, 3.8) is 0 Å². The Bertz CT molecular complexity index is 481. The first-order valence-corrected chi connectivity index (χ1v) is 6.87. The van der Waals surface area contributed by atoms with Crippen LogP contribution in [0.15, 0.2) is 24.3 Å². The van der Waals surface area contributed by atoms with Crippen LogP contribution in [0.25, 0.3) is 0 Å². The summed E-state index contributed by atoms with van der Waals surface area (Å²) in [5, 5.41) is 8.28. The van der Waals surface area contributed by atoms with Gasteiger partial charge in [0.05, 0.1) is 0 Å². The van der Waals surface area contributed by atoms with E-state index in [4.69, 9.17) is 4.74 Å². The van der Waals surface area contributed by atoms with Gasteiger partial charge in [-0.25, -0.2) is 0 Å². The van der Waals surface area contributed by atoms with Gasteiger partial charge in [-0.05, 0) is 31.0 Å². The number of anilines is 1. The highest BCUT2D eigenvalue weighted by molar-refractivity contribution is 7.10. The molecule has 96 valence electrons. The van der Waals surface area contributed by atoms with Crippen LogP contribution in [0.1, 0.15) is 25.1 Å². The second kappa shape index (κ2) is 6.35. The Balaban J connectivity index is 1.95. The zero-order valence-corrected chi connectivity index (χ0v) is 11.5. The number of hydrogen-bond acceptors (Lipinski definition) is 5. The van der Waals surface area contributed by atoms with Crippen molar-refractivity contribution in [2.75, 3.05) is 11.9 Å². The number of aromatic nitrogens is 2. The Labute approximate surface area is 111 Å². The standard InChI is InChI=1S/C13H17N3OS/c1-3-10-5-7-11(8-6-10)17-9-12-13(14-4-2)18-16-15-12/h5-8,14H,3-4,9H2,1-2H3. The number of benzene rings is 1. The summed E-state index contributed by atoms with van der Waals surface area (Å²) < 4.78 is 9.63. The molecule has 0 amide bonds. The average molecular weight is 263 g/mol. The van der Waals surface area contributed by atoms with Crippen LogP contribution in [0.2, 0.25) is 0 Å². The van der Waals surface area contributed by atoms with Gasteiger partial charge in [-0.3, -0.25) is 0 Å². The van der Waals surface area contributed by atoms with Crippen molar-refractivity contribution in [3.8, 4) is 5.75 Å². The molecule has 18 heavy (non-hydrogen) atoms. The van der Waals surface area contributed by atoms with Gasteiger partial charge in [-0.15, -0.1) is 5.10 Å². The minimum Gasteiger partial charge on any atom is -0.487 e. The van der Waals surface area contributed by atoms with Gasteiger partial charge in [0.2, 0.25) is 0 Å². The van der Waals surface area contributed by atoms with E-state index in [1.807, 2.05) is 19.1 Å². The Kier molecular flexibility index (Phi) is 4.52. The molecule has 2 aromatic rings. The van der Waals surface area contributed by atoms with Gasteiger partial charge in [0.15, 0.2) is 0 Å². The lowest BCUT2D eigenvalue weighted by Gasteiger charge is -2.06. The Morgan fingerprint density at radius 1 is 1.22 bits per heavy atom. The van der Waals surface area contributed by atoms with Crippen LogP contribution in [-0.2, 0) is 13.0 Å². The molecule has 0 aliphatic rings. The van der Waals surface area contributed by atoms with Crippen molar-refractivity contribution in [2.24, 2.45) is 0 Å². The van der Waals surface area contributed by atoms with Crippen molar-refractivity contribution in [2.45, 2.75) is 26.9 Å². The summed E-state index contributed by atoms with van der Waals surface area (Å²) in [4.78, 5) is 0. The zero-order valence-electron chi connectivity index (χ0n) is 10.6. The fourth-order valence-corrected chi connectivity index (χ4v) is 2.21. The number of aryl methyl sites for hydroxylation is 1. The van der Waals surface area contributed by atoms with Crippen molar-refractivity contribution >= 4 is 16.5 Å². The largest absolute Gasteiger partial charge is 0.487 e. The fourth-order valence-electron chi connectivity index (χ4n) is 1.57. The lowest BCUT2D eigenvalue weighted by molar-refractivity contribution is 0.301. The van der Waals surface area contributed by atoms with E-state index in [2.05, 4.69) is 34.0 Å². The summed E-state index contributed by atoms with van der Waals surface area (Å²) in [5.74, 6) is 0.864. The minimum absolute atomic E-state index is 0.449. The molecule has 0 bridgehead atoms. The van der Waals surface area contributed by atoms with Crippen LogP contribution >= 0.6 is 11.5 Å². The molecule has 0 unspecified atom stereocenters. The smallest absolute Gasteiger partial charge is 0.136 e. The van der Waals surface area contributed by atoms with Crippen LogP contribution in [0.3, 0.4) is 0 Å². The normalized spacial score (nSPS) is 10.3. The van der Waals surface area contributed by atoms with E-state index >= 15 is 0 Å². The van der Waals surface area contributed by atoms with Crippen LogP contribution in [0.4, 0.5) is 5.00 Å². The lowest BCUT2D eigenvalue weighted by atomic mass is 10.2. The first-order chi connectivity index (χ1) is 8.83. The highest BCUT2D eigenvalue weighted by Crippen LogP contribution is 2.20. The third-order valence-electron chi connectivity index (χ3n) is 2.60. The van der Waals surface area contributed by atoms with Crippen molar-refractivity contribution in [3.05, 3.63) is 35.5 Å². The van der Waals surface area contributed by atoms with E-state index in [0.29, 0.717) is 6.61 Å². The van der Waals surface area contributed by atoms with Crippen molar-refractivity contribution in [1.29, 1.82) is 0 Å². The van der Waals surface area contributed by atoms with Gasteiger partial charge in [0, 0.05) is 18.1 Å². The minimum atomic E-state index is 0.449. The van der Waals surface area contributed by atoms with E-state index in [1.165, 1.54) is 17.1 Å². The van der Waals surface area contributed by atoms with E-state index in [9.17, 15) is 0 Å². The molecule has 0 spiro atoms. The second-order valence-electron chi connectivity index (χ2n) is 3.87. The summed E-state index contributed by atoms with van der Waals surface area (Å²) in [6.45, 7) is 5.50. The Morgan fingerprint density at radius 3 is 2.67 bits per heavy atom. The Morgan fingerprint density at radius 2 is 2.00 bits per heavy atom. The molecule has 0 atom stereocenters. The van der Waals surface area contributed by atoms with Crippen LogP contribution < -0.4 is 10.1 Å². The fraction of sp³-hybridized carbons (Fsp3) is 0.385. The quantitative estimate of drug-likeness (QED) is 0.870. The number of rotatable bonds is 6. The highest BCUT2D eigenvalue weighted by atomic mass is 32.1. The van der Waals surface area contributed by atoms with Crippen molar-refractivity contribution in [1.82, 2.24) is 9.59 Å². The number of hydrogen-bond donors (Lipinski definition) is 1. The van der Waals surface area contributed by atoms with Gasteiger partial charge in [-0.2, -0.15) is 0 Å². The second-order valence-corrected chi connectivity index (χ2v) is 4.62. The molecule has 1 N–H and O–H groups in total.